The third-order valence-electron chi connectivity index (χ3n) is 4.15. The normalized spacial score (nSPS) is 22.5. The van der Waals surface area contributed by atoms with Gasteiger partial charge in [-0.3, -0.25) is 4.79 Å². The minimum absolute atomic E-state index is 0.115. The number of thioether (sulfide) groups is 1. The average molecular weight is 371 g/mol. The molecule has 24 heavy (non-hydrogen) atoms. The number of amides is 1. The molecular weight excluding hydrogens is 350 g/mol. The summed E-state index contributed by atoms with van der Waals surface area (Å²) in [7, 11) is -3.20. The van der Waals surface area contributed by atoms with Crippen molar-refractivity contribution in [3.8, 4) is 5.88 Å². The van der Waals surface area contributed by atoms with Crippen molar-refractivity contribution >= 4 is 27.7 Å². The van der Waals surface area contributed by atoms with Crippen molar-refractivity contribution in [2.24, 2.45) is 0 Å². The van der Waals surface area contributed by atoms with Gasteiger partial charge in [0.25, 0.3) is 5.91 Å². The molecule has 2 fully saturated rings. The van der Waals surface area contributed by atoms with Crippen LogP contribution in [-0.2, 0) is 10.0 Å². The van der Waals surface area contributed by atoms with E-state index in [-0.39, 0.29) is 12.0 Å². The number of hydrogen-bond acceptors (Lipinski definition) is 6. The molecule has 2 aliphatic rings. The number of ether oxygens (including phenoxy) is 1. The summed E-state index contributed by atoms with van der Waals surface area (Å²) >= 11 is 1.86. The zero-order chi connectivity index (χ0) is 17.2. The van der Waals surface area contributed by atoms with Crippen LogP contribution in [0.4, 0.5) is 0 Å². The van der Waals surface area contributed by atoms with E-state index < -0.39 is 10.0 Å². The lowest BCUT2D eigenvalue weighted by Gasteiger charge is -2.33. The summed E-state index contributed by atoms with van der Waals surface area (Å²) < 4.78 is 30.3. The number of nitrogens with zero attached hydrogens (tertiary/aromatic N) is 3. The number of hydrogen-bond donors (Lipinski definition) is 0. The van der Waals surface area contributed by atoms with Crippen molar-refractivity contribution in [1.82, 2.24) is 14.2 Å². The fourth-order valence-electron chi connectivity index (χ4n) is 2.79. The predicted octanol–water partition coefficient (Wildman–Crippen LogP) is 0.683. The smallest absolute Gasteiger partial charge is 0.254 e. The molecular formula is C15H21N3O4S2. The zero-order valence-corrected chi connectivity index (χ0v) is 15.2. The molecule has 1 amide bonds. The van der Waals surface area contributed by atoms with E-state index in [1.54, 1.807) is 23.2 Å². The van der Waals surface area contributed by atoms with Gasteiger partial charge in [0, 0.05) is 49.8 Å². The summed E-state index contributed by atoms with van der Waals surface area (Å²) in [5, 5.41) is 0. The average Bonchev–Trinajstić information content (AvgIpc) is 3.07. The summed E-state index contributed by atoms with van der Waals surface area (Å²) in [5.74, 6) is 2.40. The highest BCUT2D eigenvalue weighted by Crippen LogP contribution is 2.22. The van der Waals surface area contributed by atoms with Gasteiger partial charge in [0.2, 0.25) is 15.9 Å². The van der Waals surface area contributed by atoms with Gasteiger partial charge in [0.15, 0.2) is 0 Å². The van der Waals surface area contributed by atoms with Crippen LogP contribution < -0.4 is 4.74 Å². The molecule has 3 rings (SSSR count). The third kappa shape index (κ3) is 4.20. The van der Waals surface area contributed by atoms with Crippen LogP contribution in [0.5, 0.6) is 5.88 Å². The van der Waals surface area contributed by atoms with Crippen molar-refractivity contribution in [3.05, 3.63) is 23.9 Å². The Labute approximate surface area is 146 Å². The Kier molecular flexibility index (Phi) is 5.31. The zero-order valence-electron chi connectivity index (χ0n) is 13.6. The van der Waals surface area contributed by atoms with Gasteiger partial charge >= 0.3 is 0 Å². The largest absolute Gasteiger partial charge is 0.473 e. The van der Waals surface area contributed by atoms with Crippen LogP contribution in [0.15, 0.2) is 18.3 Å². The fraction of sp³-hybridized carbons (Fsp3) is 0.600. The second-order valence-corrected chi connectivity index (χ2v) is 9.07. The molecule has 1 atom stereocenters. The van der Waals surface area contributed by atoms with E-state index in [0.717, 1.165) is 17.9 Å². The molecule has 0 N–H and O–H groups in total. The monoisotopic (exact) mass is 371 g/mol. The van der Waals surface area contributed by atoms with E-state index in [4.69, 9.17) is 4.74 Å². The molecule has 132 valence electrons. The first-order valence-corrected chi connectivity index (χ1v) is 10.9. The van der Waals surface area contributed by atoms with Gasteiger partial charge in [-0.1, -0.05) is 0 Å². The maximum Gasteiger partial charge on any atom is 0.254 e. The Morgan fingerprint density at radius 2 is 2.08 bits per heavy atom. The minimum atomic E-state index is -3.20. The predicted molar refractivity (Wildman–Crippen MR) is 92.9 cm³/mol. The lowest BCUT2D eigenvalue weighted by molar-refractivity contribution is 0.0697. The maximum atomic E-state index is 12.6. The number of pyridine rings is 1. The highest BCUT2D eigenvalue weighted by Gasteiger charge is 2.27. The first-order valence-electron chi connectivity index (χ1n) is 7.88. The molecule has 1 aromatic heterocycles. The van der Waals surface area contributed by atoms with E-state index in [0.29, 0.717) is 37.6 Å². The second kappa shape index (κ2) is 7.28. The topological polar surface area (TPSA) is 79.8 Å². The summed E-state index contributed by atoms with van der Waals surface area (Å²) in [4.78, 5) is 18.5. The Hall–Kier alpha value is -1.32. The molecule has 9 heteroatoms. The van der Waals surface area contributed by atoms with Gasteiger partial charge in [-0.2, -0.15) is 16.1 Å². The molecule has 3 heterocycles. The van der Waals surface area contributed by atoms with Gasteiger partial charge in [0.05, 0.1) is 6.26 Å². The number of rotatable bonds is 4. The maximum absolute atomic E-state index is 12.6. The van der Waals surface area contributed by atoms with Gasteiger partial charge in [-0.05, 0) is 18.2 Å². The van der Waals surface area contributed by atoms with E-state index in [2.05, 4.69) is 4.98 Å². The van der Waals surface area contributed by atoms with Gasteiger partial charge in [0.1, 0.15) is 6.10 Å². The lowest BCUT2D eigenvalue weighted by Crippen LogP contribution is -2.50. The molecule has 0 radical (unpaired) electrons. The van der Waals surface area contributed by atoms with Gasteiger partial charge in [-0.25, -0.2) is 13.4 Å². The van der Waals surface area contributed by atoms with Gasteiger partial charge in [-0.15, -0.1) is 0 Å². The van der Waals surface area contributed by atoms with Crippen LogP contribution in [0, 0.1) is 0 Å². The number of aromatic nitrogens is 1. The van der Waals surface area contributed by atoms with E-state index >= 15 is 0 Å². The number of sulfonamides is 1. The Balaban J connectivity index is 1.63. The molecule has 0 bridgehead atoms. The molecule has 0 aromatic carbocycles. The quantitative estimate of drug-likeness (QED) is 0.775. The number of carbonyl (C=O) groups excluding carboxylic acids is 1. The molecule has 0 unspecified atom stereocenters. The van der Waals surface area contributed by atoms with Crippen LogP contribution in [-0.4, -0.2) is 78.6 Å². The molecule has 0 spiro atoms. The lowest BCUT2D eigenvalue weighted by atomic mass is 10.2. The van der Waals surface area contributed by atoms with Gasteiger partial charge < -0.3 is 9.64 Å². The van der Waals surface area contributed by atoms with Crippen molar-refractivity contribution in [2.45, 2.75) is 12.5 Å². The highest BCUT2D eigenvalue weighted by molar-refractivity contribution is 7.99. The van der Waals surface area contributed by atoms with E-state index in [1.807, 2.05) is 11.8 Å². The SMILES string of the molecule is CS(=O)(=O)N1CCN(C(=O)c2ccnc(O[C@H]3CCSC3)c2)CC1. The van der Waals surface area contributed by atoms with Crippen LogP contribution in [0.2, 0.25) is 0 Å². The van der Waals surface area contributed by atoms with Crippen LogP contribution in [0.25, 0.3) is 0 Å². The molecule has 7 nitrogen and oxygen atoms in total. The van der Waals surface area contributed by atoms with Crippen molar-refractivity contribution in [3.63, 3.8) is 0 Å². The Morgan fingerprint density at radius 1 is 1.33 bits per heavy atom. The van der Waals surface area contributed by atoms with Crippen LogP contribution >= 0.6 is 11.8 Å². The minimum Gasteiger partial charge on any atom is -0.473 e. The van der Waals surface area contributed by atoms with Crippen molar-refractivity contribution in [1.29, 1.82) is 0 Å². The van der Waals surface area contributed by atoms with Crippen LogP contribution in [0.3, 0.4) is 0 Å². The summed E-state index contributed by atoms with van der Waals surface area (Å²) in [5.41, 5.74) is 0.526. The molecule has 1 aromatic rings. The fourth-order valence-corrected chi connectivity index (χ4v) is 4.71. The molecule has 2 saturated heterocycles. The molecule has 2 aliphatic heterocycles. The van der Waals surface area contributed by atoms with Crippen molar-refractivity contribution < 1.29 is 17.9 Å². The number of carbonyl (C=O) groups is 1. The number of piperazine rings is 1. The van der Waals surface area contributed by atoms with E-state index in [1.165, 1.54) is 10.6 Å². The first-order chi connectivity index (χ1) is 11.4. The van der Waals surface area contributed by atoms with Crippen LogP contribution in [0.1, 0.15) is 16.8 Å². The standard InChI is InChI=1S/C15H21N3O4S2/c1-24(20,21)18-7-5-17(6-8-18)15(19)12-2-4-16-14(10-12)22-13-3-9-23-11-13/h2,4,10,13H,3,5-9,11H2,1H3/t13-/m0/s1. The Bertz CT molecular complexity index is 696. The highest BCUT2D eigenvalue weighted by atomic mass is 32.2. The van der Waals surface area contributed by atoms with E-state index in [9.17, 15) is 13.2 Å². The van der Waals surface area contributed by atoms with Crippen molar-refractivity contribution in [2.75, 3.05) is 43.9 Å². The Morgan fingerprint density at radius 3 is 2.71 bits per heavy atom. The molecule has 0 aliphatic carbocycles. The third-order valence-corrected chi connectivity index (χ3v) is 6.59. The summed E-state index contributed by atoms with van der Waals surface area (Å²) in [6, 6.07) is 3.34. The summed E-state index contributed by atoms with van der Waals surface area (Å²) in [6.07, 6.45) is 3.93. The first kappa shape index (κ1) is 17.5. The molecule has 0 saturated carbocycles. The summed E-state index contributed by atoms with van der Waals surface area (Å²) in [6.45, 7) is 1.45. The second-order valence-electron chi connectivity index (χ2n) is 5.94.